The van der Waals surface area contributed by atoms with Crippen molar-refractivity contribution >= 4 is 61.8 Å². The minimum Gasteiger partial charge on any atom is -0.503 e. The van der Waals surface area contributed by atoms with Crippen LogP contribution in [0.1, 0.15) is 10.8 Å². The first kappa shape index (κ1) is 20.7. The zero-order valence-corrected chi connectivity index (χ0v) is 19.0. The predicted octanol–water partition coefficient (Wildman–Crippen LogP) is 8.09. The molecule has 148 valence electrons. The minimum absolute atomic E-state index is 0.0338. The van der Waals surface area contributed by atoms with Gasteiger partial charge in [-0.2, -0.15) is 5.26 Å². The van der Waals surface area contributed by atoms with E-state index in [4.69, 9.17) is 27.6 Å². The van der Waals surface area contributed by atoms with E-state index in [2.05, 4.69) is 20.9 Å². The van der Waals surface area contributed by atoms with Crippen molar-refractivity contribution in [3.63, 3.8) is 0 Å². The lowest BCUT2D eigenvalue weighted by atomic mass is 10.1. The number of aliphatic hydroxyl groups excluding tert-OH is 1. The van der Waals surface area contributed by atoms with Crippen molar-refractivity contribution in [2.75, 3.05) is 0 Å². The van der Waals surface area contributed by atoms with Crippen LogP contribution in [0.5, 0.6) is 0 Å². The van der Waals surface area contributed by atoms with E-state index in [1.165, 1.54) is 11.3 Å². The molecule has 0 saturated carbocycles. The first-order valence-electron chi connectivity index (χ1n) is 8.57. The zero-order chi connectivity index (χ0) is 21.3. The van der Waals surface area contributed by atoms with Crippen molar-refractivity contribution < 1.29 is 9.52 Å². The number of rotatable bonds is 4. The van der Waals surface area contributed by atoms with Crippen molar-refractivity contribution in [3.05, 3.63) is 85.3 Å². The van der Waals surface area contributed by atoms with Crippen LogP contribution in [-0.2, 0) is 0 Å². The first-order chi connectivity index (χ1) is 14.5. The second-order valence-corrected chi connectivity index (χ2v) is 8.79. The Hall–Kier alpha value is -2.56. The van der Waals surface area contributed by atoms with Gasteiger partial charge in [0.25, 0.3) is 0 Å². The van der Waals surface area contributed by atoms with Gasteiger partial charge >= 0.3 is 0 Å². The lowest BCUT2D eigenvalue weighted by Gasteiger charge is -2.02. The van der Waals surface area contributed by atoms with Gasteiger partial charge in [-0.3, -0.25) is 0 Å². The molecule has 1 N–H and O–H groups in total. The number of nitriles is 1. The molecule has 0 aliphatic heterocycles. The molecule has 0 aliphatic carbocycles. The third-order valence-electron chi connectivity index (χ3n) is 4.24. The Balaban J connectivity index is 1.69. The van der Waals surface area contributed by atoms with Gasteiger partial charge in [-0.05, 0) is 42.5 Å². The van der Waals surface area contributed by atoms with Gasteiger partial charge in [0.1, 0.15) is 22.4 Å². The number of benzene rings is 2. The molecule has 0 spiro atoms. The van der Waals surface area contributed by atoms with Gasteiger partial charge in [0, 0.05) is 26.0 Å². The van der Waals surface area contributed by atoms with Gasteiger partial charge in [-0.1, -0.05) is 51.3 Å². The molecule has 4 aromatic rings. The van der Waals surface area contributed by atoms with Gasteiger partial charge in [0.2, 0.25) is 0 Å². The quantitative estimate of drug-likeness (QED) is 0.219. The van der Waals surface area contributed by atoms with Crippen LogP contribution in [0.15, 0.2) is 68.9 Å². The summed E-state index contributed by atoms with van der Waals surface area (Å²) in [5.41, 5.74) is 2.29. The molecule has 4 nitrogen and oxygen atoms in total. The molecule has 8 heteroatoms. The van der Waals surface area contributed by atoms with E-state index in [-0.39, 0.29) is 17.1 Å². The van der Waals surface area contributed by atoms with E-state index in [1.54, 1.807) is 30.3 Å². The number of hydrogen-bond donors (Lipinski definition) is 1. The number of nitrogens with zero attached hydrogens (tertiary/aromatic N) is 2. The molecule has 0 radical (unpaired) electrons. The molecule has 4 rings (SSSR count). The average molecular weight is 518 g/mol. The maximum Gasteiger partial charge on any atom is 0.179 e. The van der Waals surface area contributed by atoms with Crippen molar-refractivity contribution in [2.24, 2.45) is 0 Å². The second kappa shape index (κ2) is 8.66. The van der Waals surface area contributed by atoms with Crippen LogP contribution in [0.3, 0.4) is 0 Å². The van der Waals surface area contributed by atoms with Crippen molar-refractivity contribution in [3.8, 4) is 28.7 Å². The number of allylic oxidation sites excluding steroid dienone is 1. The minimum atomic E-state index is -0.287. The summed E-state index contributed by atoms with van der Waals surface area (Å²) in [6.07, 6.45) is 0. The third-order valence-corrected chi connectivity index (χ3v) is 6.18. The highest BCUT2D eigenvalue weighted by molar-refractivity contribution is 9.10. The molecule has 0 saturated heterocycles. The van der Waals surface area contributed by atoms with Crippen molar-refractivity contribution in [2.45, 2.75) is 0 Å². The summed E-state index contributed by atoms with van der Waals surface area (Å²) >= 11 is 16.8. The Labute approximate surface area is 194 Å². The molecule has 0 aliphatic rings. The van der Waals surface area contributed by atoms with E-state index >= 15 is 0 Å². The van der Waals surface area contributed by atoms with E-state index in [0.29, 0.717) is 26.4 Å². The zero-order valence-electron chi connectivity index (χ0n) is 15.1. The molecular formula is C22H11BrCl2N2O2S. The van der Waals surface area contributed by atoms with E-state index in [9.17, 15) is 10.4 Å². The molecular weight excluding hydrogens is 507 g/mol. The standard InChI is InChI=1S/C22H11BrCl2N2O2S/c23-13-3-1-12(2-4-13)18-11-30-22(27-18)16(10-26)21(28)20-8-7-19(29-20)15-6-5-14(24)9-17(15)25/h1-9,11,28H. The summed E-state index contributed by atoms with van der Waals surface area (Å²) in [7, 11) is 0. The molecule has 2 aromatic heterocycles. The van der Waals surface area contributed by atoms with Crippen LogP contribution in [0, 0.1) is 11.3 Å². The van der Waals surface area contributed by atoms with Crippen LogP contribution >= 0.6 is 50.5 Å². The van der Waals surface area contributed by atoms with Crippen LogP contribution in [0.25, 0.3) is 33.9 Å². The smallest absolute Gasteiger partial charge is 0.179 e. The normalized spacial score (nSPS) is 11.8. The third kappa shape index (κ3) is 4.16. The molecule has 0 amide bonds. The van der Waals surface area contributed by atoms with Gasteiger partial charge in [-0.25, -0.2) is 4.98 Å². The van der Waals surface area contributed by atoms with Crippen LogP contribution < -0.4 is 0 Å². The SMILES string of the molecule is N#CC(=C(O)c1ccc(-c2ccc(Cl)cc2Cl)o1)c1nc(-c2ccc(Br)cc2)cs1. The summed E-state index contributed by atoms with van der Waals surface area (Å²) in [6, 6.07) is 18.0. The second-order valence-electron chi connectivity index (χ2n) is 6.17. The average Bonchev–Trinajstić information content (AvgIpc) is 3.39. The molecule has 0 bridgehead atoms. The Kier molecular flexibility index (Phi) is 5.98. The Morgan fingerprint density at radius 1 is 1.10 bits per heavy atom. The molecule has 0 fully saturated rings. The first-order valence-corrected chi connectivity index (χ1v) is 11.0. The summed E-state index contributed by atoms with van der Waals surface area (Å²) in [4.78, 5) is 4.50. The number of hydrogen-bond acceptors (Lipinski definition) is 5. The molecule has 0 atom stereocenters. The predicted molar refractivity (Wildman–Crippen MR) is 124 cm³/mol. The fourth-order valence-electron chi connectivity index (χ4n) is 2.77. The lowest BCUT2D eigenvalue weighted by Crippen LogP contribution is -1.89. The molecule has 2 heterocycles. The monoisotopic (exact) mass is 516 g/mol. The lowest BCUT2D eigenvalue weighted by molar-refractivity contribution is 0.466. The van der Waals surface area contributed by atoms with Crippen LogP contribution in [0.4, 0.5) is 0 Å². The van der Waals surface area contributed by atoms with Crippen molar-refractivity contribution in [1.29, 1.82) is 5.26 Å². The summed E-state index contributed by atoms with van der Waals surface area (Å²) in [6.45, 7) is 0. The highest BCUT2D eigenvalue weighted by atomic mass is 79.9. The highest BCUT2D eigenvalue weighted by Gasteiger charge is 2.19. The van der Waals surface area contributed by atoms with E-state index in [0.717, 1.165) is 15.7 Å². The fourth-order valence-corrected chi connectivity index (χ4v) is 4.36. The number of thiazole rings is 1. The largest absolute Gasteiger partial charge is 0.503 e. The number of aliphatic hydroxyl groups is 1. The summed E-state index contributed by atoms with van der Waals surface area (Å²) < 4.78 is 6.71. The maximum absolute atomic E-state index is 10.7. The van der Waals surface area contributed by atoms with E-state index < -0.39 is 0 Å². The number of furan rings is 1. The number of aromatic nitrogens is 1. The van der Waals surface area contributed by atoms with Gasteiger partial charge in [-0.15, -0.1) is 11.3 Å². The highest BCUT2D eigenvalue weighted by Crippen LogP contribution is 2.35. The molecule has 2 aromatic carbocycles. The van der Waals surface area contributed by atoms with Gasteiger partial charge in [0.15, 0.2) is 11.5 Å². The van der Waals surface area contributed by atoms with Crippen LogP contribution in [0.2, 0.25) is 10.0 Å². The van der Waals surface area contributed by atoms with E-state index in [1.807, 2.05) is 35.7 Å². The summed E-state index contributed by atoms with van der Waals surface area (Å²) in [5.74, 6) is 0.309. The van der Waals surface area contributed by atoms with Gasteiger partial charge in [0.05, 0.1) is 10.7 Å². The van der Waals surface area contributed by atoms with Crippen LogP contribution in [-0.4, -0.2) is 10.1 Å². The topological polar surface area (TPSA) is 70.0 Å². The van der Waals surface area contributed by atoms with Crippen molar-refractivity contribution in [1.82, 2.24) is 4.98 Å². The Morgan fingerprint density at radius 3 is 2.57 bits per heavy atom. The molecule has 0 unspecified atom stereocenters. The Bertz CT molecular complexity index is 1300. The number of halogens is 3. The summed E-state index contributed by atoms with van der Waals surface area (Å²) in [5, 5.41) is 23.5. The molecule has 30 heavy (non-hydrogen) atoms. The fraction of sp³-hybridized carbons (Fsp3) is 0. The Morgan fingerprint density at radius 2 is 1.87 bits per heavy atom. The maximum atomic E-state index is 10.7. The van der Waals surface area contributed by atoms with Gasteiger partial charge < -0.3 is 9.52 Å².